The molecule has 3 rings (SSSR count). The second-order valence-electron chi connectivity index (χ2n) is 8.60. The molecule has 1 aliphatic rings. The Morgan fingerprint density at radius 2 is 2.08 bits per heavy atom. The van der Waals surface area contributed by atoms with Crippen LogP contribution in [-0.2, 0) is 13.0 Å². The van der Waals surface area contributed by atoms with Gasteiger partial charge in [-0.25, -0.2) is 14.6 Å². The van der Waals surface area contributed by atoms with Crippen molar-refractivity contribution in [2.45, 2.75) is 72.4 Å². The second kappa shape index (κ2) is 7.51. The molecule has 0 spiro atoms. The van der Waals surface area contributed by atoms with Crippen LogP contribution in [0.5, 0.6) is 0 Å². The van der Waals surface area contributed by atoms with Crippen molar-refractivity contribution in [2.24, 2.45) is 11.8 Å². The average Bonchev–Trinajstić information content (AvgIpc) is 3.18. The van der Waals surface area contributed by atoms with Crippen LogP contribution in [0.2, 0.25) is 0 Å². The molecule has 1 fully saturated rings. The number of hydrogen-bond acceptors (Lipinski definition) is 5. The molecule has 6 nitrogen and oxygen atoms in total. The van der Waals surface area contributed by atoms with Crippen molar-refractivity contribution in [2.75, 3.05) is 18.0 Å². The van der Waals surface area contributed by atoms with Crippen LogP contribution in [-0.4, -0.2) is 43.5 Å². The van der Waals surface area contributed by atoms with Crippen LogP contribution < -0.4 is 4.90 Å². The number of nitrogens with zero attached hydrogens (tertiary/aromatic N) is 5. The van der Waals surface area contributed by atoms with Crippen molar-refractivity contribution in [1.82, 2.24) is 19.7 Å². The lowest BCUT2D eigenvalue weighted by Crippen LogP contribution is -2.33. The molecule has 0 saturated carbocycles. The Bertz CT molecular complexity index is 746. The standard InChI is InChI=1S/C20H33N5O/c1-6-7-9-25-19-17(16(23-25)11-14(2)3)18(21-13-22-19)24-10-8-15(12-24)20(4,5)26/h13-15,26H,6-12H2,1-5H3. The molecule has 1 unspecified atom stereocenters. The maximum Gasteiger partial charge on any atom is 0.163 e. The predicted octanol–water partition coefficient (Wildman–Crippen LogP) is 3.42. The van der Waals surface area contributed by atoms with Gasteiger partial charge < -0.3 is 10.0 Å². The van der Waals surface area contributed by atoms with E-state index >= 15 is 0 Å². The average molecular weight is 360 g/mol. The number of aliphatic hydroxyl groups is 1. The fourth-order valence-corrected chi connectivity index (χ4v) is 3.83. The summed E-state index contributed by atoms with van der Waals surface area (Å²) in [6, 6.07) is 0. The Morgan fingerprint density at radius 3 is 2.69 bits per heavy atom. The van der Waals surface area contributed by atoms with Crippen molar-refractivity contribution >= 4 is 16.9 Å². The third kappa shape index (κ3) is 3.85. The lowest BCUT2D eigenvalue weighted by molar-refractivity contribution is 0.0263. The third-order valence-corrected chi connectivity index (χ3v) is 5.39. The molecular formula is C20H33N5O. The Hall–Kier alpha value is -1.69. The van der Waals surface area contributed by atoms with Gasteiger partial charge in [-0.2, -0.15) is 5.10 Å². The molecule has 1 N–H and O–H groups in total. The van der Waals surface area contributed by atoms with Crippen LogP contribution in [0.25, 0.3) is 11.0 Å². The van der Waals surface area contributed by atoms with E-state index in [1.807, 2.05) is 13.8 Å². The number of unbranched alkanes of at least 4 members (excludes halogenated alkanes) is 1. The smallest absolute Gasteiger partial charge is 0.163 e. The number of rotatable bonds is 7. The first-order valence-electron chi connectivity index (χ1n) is 9.99. The van der Waals surface area contributed by atoms with Gasteiger partial charge in [-0.05, 0) is 39.0 Å². The topological polar surface area (TPSA) is 67.1 Å². The third-order valence-electron chi connectivity index (χ3n) is 5.39. The van der Waals surface area contributed by atoms with E-state index in [1.54, 1.807) is 6.33 Å². The van der Waals surface area contributed by atoms with Crippen molar-refractivity contribution < 1.29 is 5.11 Å². The van der Waals surface area contributed by atoms with E-state index in [1.165, 1.54) is 0 Å². The molecule has 0 amide bonds. The van der Waals surface area contributed by atoms with E-state index in [0.29, 0.717) is 5.92 Å². The van der Waals surface area contributed by atoms with Crippen molar-refractivity contribution in [3.05, 3.63) is 12.0 Å². The largest absolute Gasteiger partial charge is 0.390 e. The zero-order chi connectivity index (χ0) is 18.9. The minimum absolute atomic E-state index is 0.260. The first-order chi connectivity index (χ1) is 12.3. The summed E-state index contributed by atoms with van der Waals surface area (Å²) in [6.07, 6.45) is 5.82. The van der Waals surface area contributed by atoms with Crippen LogP contribution in [0, 0.1) is 11.8 Å². The highest BCUT2D eigenvalue weighted by Crippen LogP contribution is 2.34. The molecule has 3 heterocycles. The number of anilines is 1. The van der Waals surface area contributed by atoms with Crippen molar-refractivity contribution in [1.29, 1.82) is 0 Å². The summed E-state index contributed by atoms with van der Waals surface area (Å²) >= 11 is 0. The van der Waals surface area contributed by atoms with Gasteiger partial charge in [0.1, 0.15) is 12.1 Å². The highest BCUT2D eigenvalue weighted by Gasteiger charge is 2.35. The monoisotopic (exact) mass is 359 g/mol. The van der Waals surface area contributed by atoms with Crippen molar-refractivity contribution in [3.8, 4) is 0 Å². The molecule has 0 radical (unpaired) electrons. The Morgan fingerprint density at radius 1 is 1.31 bits per heavy atom. The number of hydrogen-bond donors (Lipinski definition) is 1. The Kier molecular flexibility index (Phi) is 5.51. The maximum absolute atomic E-state index is 10.4. The Labute approximate surface area is 156 Å². The summed E-state index contributed by atoms with van der Waals surface area (Å²) in [5, 5.41) is 16.4. The molecule has 2 aromatic rings. The maximum atomic E-state index is 10.4. The van der Waals surface area contributed by atoms with Crippen LogP contribution in [0.1, 0.15) is 59.6 Å². The molecule has 0 aliphatic carbocycles. The summed E-state index contributed by atoms with van der Waals surface area (Å²) in [6.45, 7) is 13.1. The molecule has 1 aliphatic heterocycles. The summed E-state index contributed by atoms with van der Waals surface area (Å²) in [5.41, 5.74) is 1.40. The lowest BCUT2D eigenvalue weighted by atomic mass is 9.90. The number of aromatic nitrogens is 4. The zero-order valence-electron chi connectivity index (χ0n) is 16.9. The van der Waals surface area contributed by atoms with Gasteiger partial charge in [0.05, 0.1) is 16.7 Å². The first kappa shape index (κ1) is 19.1. The highest BCUT2D eigenvalue weighted by atomic mass is 16.3. The molecular weight excluding hydrogens is 326 g/mol. The quantitative estimate of drug-likeness (QED) is 0.820. The second-order valence-corrected chi connectivity index (χ2v) is 8.60. The van der Waals surface area contributed by atoms with Crippen LogP contribution in [0.3, 0.4) is 0 Å². The summed E-state index contributed by atoms with van der Waals surface area (Å²) < 4.78 is 2.06. The normalized spacial score (nSPS) is 18.4. The van der Waals surface area contributed by atoms with Crippen LogP contribution in [0.4, 0.5) is 5.82 Å². The van der Waals surface area contributed by atoms with E-state index in [0.717, 1.165) is 67.9 Å². The number of fused-ring (bicyclic) bond motifs is 1. The summed E-state index contributed by atoms with van der Waals surface area (Å²) in [4.78, 5) is 11.5. The van der Waals surface area contributed by atoms with Crippen molar-refractivity contribution in [3.63, 3.8) is 0 Å². The van der Waals surface area contributed by atoms with Crippen LogP contribution in [0.15, 0.2) is 6.33 Å². The minimum Gasteiger partial charge on any atom is -0.390 e. The van der Waals surface area contributed by atoms with E-state index in [9.17, 15) is 5.11 Å². The summed E-state index contributed by atoms with van der Waals surface area (Å²) in [7, 11) is 0. The molecule has 2 aromatic heterocycles. The minimum atomic E-state index is -0.660. The van der Waals surface area contributed by atoms with Gasteiger partial charge in [0.2, 0.25) is 0 Å². The lowest BCUT2D eigenvalue weighted by Gasteiger charge is -2.26. The highest BCUT2D eigenvalue weighted by molar-refractivity contribution is 5.90. The molecule has 26 heavy (non-hydrogen) atoms. The number of aryl methyl sites for hydroxylation is 1. The molecule has 6 heteroatoms. The van der Waals surface area contributed by atoms with Gasteiger partial charge in [0.25, 0.3) is 0 Å². The fourth-order valence-electron chi connectivity index (χ4n) is 3.83. The van der Waals surface area contributed by atoms with Gasteiger partial charge in [0.15, 0.2) is 5.65 Å². The molecule has 0 aromatic carbocycles. The van der Waals surface area contributed by atoms with Gasteiger partial charge in [-0.15, -0.1) is 0 Å². The SMILES string of the molecule is CCCCn1nc(CC(C)C)c2c(N3CCC(C(C)(C)O)C3)ncnc21. The van der Waals surface area contributed by atoms with E-state index < -0.39 is 5.60 Å². The van der Waals surface area contributed by atoms with Gasteiger partial charge >= 0.3 is 0 Å². The van der Waals surface area contributed by atoms with E-state index in [2.05, 4.69) is 40.3 Å². The molecule has 1 atom stereocenters. The molecule has 0 bridgehead atoms. The molecule has 144 valence electrons. The molecule has 1 saturated heterocycles. The van der Waals surface area contributed by atoms with E-state index in [-0.39, 0.29) is 5.92 Å². The fraction of sp³-hybridized carbons (Fsp3) is 0.750. The van der Waals surface area contributed by atoms with Gasteiger partial charge in [-0.1, -0.05) is 27.2 Å². The van der Waals surface area contributed by atoms with Crippen LogP contribution >= 0.6 is 0 Å². The van der Waals surface area contributed by atoms with E-state index in [4.69, 9.17) is 5.10 Å². The summed E-state index contributed by atoms with van der Waals surface area (Å²) in [5.74, 6) is 1.78. The zero-order valence-corrected chi connectivity index (χ0v) is 16.9. The van der Waals surface area contributed by atoms with Gasteiger partial charge in [-0.3, -0.25) is 0 Å². The van der Waals surface area contributed by atoms with Gasteiger partial charge in [0, 0.05) is 25.6 Å². The Balaban J connectivity index is 2.01. The predicted molar refractivity (Wildman–Crippen MR) is 105 cm³/mol. The first-order valence-corrected chi connectivity index (χ1v) is 9.99.